The molecular formula is C16H17FN2. The normalized spacial score (nSPS) is 19.3. The van der Waals surface area contributed by atoms with Gasteiger partial charge in [0.25, 0.3) is 0 Å². The highest BCUT2D eigenvalue weighted by molar-refractivity contribution is 5.60. The zero-order valence-electron chi connectivity index (χ0n) is 10.8. The van der Waals surface area contributed by atoms with Crippen LogP contribution in [0.3, 0.4) is 0 Å². The molecule has 2 aromatic rings. The number of rotatable bonds is 2. The van der Waals surface area contributed by atoms with Crippen molar-refractivity contribution in [1.82, 2.24) is 10.3 Å². The quantitative estimate of drug-likeness (QED) is 0.891. The average Bonchev–Trinajstić information content (AvgIpc) is 2.49. The summed E-state index contributed by atoms with van der Waals surface area (Å²) < 4.78 is 13.8. The van der Waals surface area contributed by atoms with Crippen molar-refractivity contribution in [3.8, 4) is 11.3 Å². The minimum Gasteiger partial charge on any atom is -0.316 e. The predicted molar refractivity (Wildman–Crippen MR) is 74.5 cm³/mol. The summed E-state index contributed by atoms with van der Waals surface area (Å²) in [5.74, 6) is 0.302. The third-order valence-corrected chi connectivity index (χ3v) is 3.70. The standard InChI is InChI=1S/C16H17FN2/c17-15-6-2-1-5-14(15)16-10-12(7-9-19-16)13-4-3-8-18-11-13/h1-2,5-7,9-10,13,18H,3-4,8,11H2/t13-/m1/s1. The minimum atomic E-state index is -0.214. The zero-order chi connectivity index (χ0) is 13.1. The largest absolute Gasteiger partial charge is 0.316 e. The lowest BCUT2D eigenvalue weighted by atomic mass is 9.91. The van der Waals surface area contributed by atoms with E-state index >= 15 is 0 Å². The minimum absolute atomic E-state index is 0.214. The lowest BCUT2D eigenvalue weighted by Gasteiger charge is -2.23. The van der Waals surface area contributed by atoms with Crippen LogP contribution < -0.4 is 5.32 Å². The van der Waals surface area contributed by atoms with Crippen molar-refractivity contribution >= 4 is 0 Å². The number of hydrogen-bond donors (Lipinski definition) is 1. The summed E-state index contributed by atoms with van der Waals surface area (Å²) in [5, 5.41) is 3.41. The Hall–Kier alpha value is -1.74. The molecule has 0 unspecified atom stereocenters. The van der Waals surface area contributed by atoms with Crippen LogP contribution in [-0.2, 0) is 0 Å². The summed E-state index contributed by atoms with van der Waals surface area (Å²) in [6.45, 7) is 2.10. The summed E-state index contributed by atoms with van der Waals surface area (Å²) in [6, 6.07) is 10.9. The predicted octanol–water partition coefficient (Wildman–Crippen LogP) is 3.35. The maximum Gasteiger partial charge on any atom is 0.132 e. The molecule has 1 N–H and O–H groups in total. The molecule has 1 fully saturated rings. The molecule has 2 heterocycles. The Labute approximate surface area is 112 Å². The first-order chi connectivity index (χ1) is 9.34. The molecule has 0 spiro atoms. The Morgan fingerprint density at radius 2 is 2.11 bits per heavy atom. The Kier molecular flexibility index (Phi) is 3.56. The number of pyridine rings is 1. The summed E-state index contributed by atoms with van der Waals surface area (Å²) in [7, 11) is 0. The van der Waals surface area contributed by atoms with Gasteiger partial charge < -0.3 is 5.32 Å². The van der Waals surface area contributed by atoms with Crippen molar-refractivity contribution in [3.63, 3.8) is 0 Å². The van der Waals surface area contributed by atoms with Gasteiger partial charge >= 0.3 is 0 Å². The Balaban J connectivity index is 1.93. The molecule has 3 heteroatoms. The van der Waals surface area contributed by atoms with E-state index in [1.54, 1.807) is 18.3 Å². The molecule has 0 saturated carbocycles. The number of halogens is 1. The molecule has 1 aromatic heterocycles. The van der Waals surface area contributed by atoms with Gasteiger partial charge in [0.1, 0.15) is 5.82 Å². The first-order valence-corrected chi connectivity index (χ1v) is 6.76. The molecular weight excluding hydrogens is 239 g/mol. The lowest BCUT2D eigenvalue weighted by molar-refractivity contribution is 0.461. The summed E-state index contributed by atoms with van der Waals surface area (Å²) in [4.78, 5) is 4.30. The van der Waals surface area contributed by atoms with Gasteiger partial charge in [0.05, 0.1) is 5.69 Å². The molecule has 0 aliphatic carbocycles. The summed E-state index contributed by atoms with van der Waals surface area (Å²) in [6.07, 6.45) is 4.17. The van der Waals surface area contributed by atoms with Gasteiger partial charge in [0, 0.05) is 18.3 Å². The zero-order valence-corrected chi connectivity index (χ0v) is 10.8. The molecule has 19 heavy (non-hydrogen) atoms. The van der Waals surface area contributed by atoms with Gasteiger partial charge in [-0.3, -0.25) is 4.98 Å². The molecule has 1 aromatic carbocycles. The SMILES string of the molecule is Fc1ccccc1-c1cc([C@@H]2CCCNC2)ccn1. The first kappa shape index (κ1) is 12.3. The maximum absolute atomic E-state index is 13.8. The van der Waals surface area contributed by atoms with Crippen molar-refractivity contribution in [2.45, 2.75) is 18.8 Å². The van der Waals surface area contributed by atoms with E-state index < -0.39 is 0 Å². The van der Waals surface area contributed by atoms with Crippen molar-refractivity contribution in [3.05, 3.63) is 54.0 Å². The third-order valence-electron chi connectivity index (χ3n) is 3.70. The first-order valence-electron chi connectivity index (χ1n) is 6.76. The van der Waals surface area contributed by atoms with Gasteiger partial charge in [-0.2, -0.15) is 0 Å². The fourth-order valence-electron chi connectivity index (χ4n) is 2.65. The lowest BCUT2D eigenvalue weighted by Crippen LogP contribution is -2.28. The molecule has 0 amide bonds. The van der Waals surface area contributed by atoms with Gasteiger partial charge in [-0.25, -0.2) is 4.39 Å². The van der Waals surface area contributed by atoms with Crippen molar-refractivity contribution in [2.24, 2.45) is 0 Å². The number of nitrogens with one attached hydrogen (secondary N) is 1. The van der Waals surface area contributed by atoms with Crippen molar-refractivity contribution in [2.75, 3.05) is 13.1 Å². The van der Waals surface area contributed by atoms with E-state index in [9.17, 15) is 4.39 Å². The fraction of sp³-hybridized carbons (Fsp3) is 0.312. The number of piperidine rings is 1. The van der Waals surface area contributed by atoms with E-state index in [1.807, 2.05) is 18.2 Å². The van der Waals surface area contributed by atoms with E-state index in [0.717, 1.165) is 18.8 Å². The van der Waals surface area contributed by atoms with Gasteiger partial charge in [0.15, 0.2) is 0 Å². The molecule has 0 radical (unpaired) electrons. The van der Waals surface area contributed by atoms with E-state index in [0.29, 0.717) is 11.5 Å². The van der Waals surface area contributed by atoms with Crippen LogP contribution >= 0.6 is 0 Å². The van der Waals surface area contributed by atoms with Gasteiger partial charge in [-0.05, 0) is 55.1 Å². The van der Waals surface area contributed by atoms with Crippen LogP contribution in [-0.4, -0.2) is 18.1 Å². The van der Waals surface area contributed by atoms with Gasteiger partial charge in [-0.1, -0.05) is 12.1 Å². The van der Waals surface area contributed by atoms with Crippen molar-refractivity contribution in [1.29, 1.82) is 0 Å². The van der Waals surface area contributed by atoms with Gasteiger partial charge in [-0.15, -0.1) is 0 Å². The second-order valence-corrected chi connectivity index (χ2v) is 5.00. The molecule has 3 rings (SSSR count). The Morgan fingerprint density at radius 1 is 1.21 bits per heavy atom. The molecule has 1 aliphatic rings. The summed E-state index contributed by atoms with van der Waals surface area (Å²) >= 11 is 0. The average molecular weight is 256 g/mol. The smallest absolute Gasteiger partial charge is 0.132 e. The third kappa shape index (κ3) is 2.66. The van der Waals surface area contributed by atoms with Crippen LogP contribution in [0, 0.1) is 5.82 Å². The highest BCUT2D eigenvalue weighted by atomic mass is 19.1. The highest BCUT2D eigenvalue weighted by Gasteiger charge is 2.16. The molecule has 0 bridgehead atoms. The van der Waals surface area contributed by atoms with E-state index in [2.05, 4.69) is 10.3 Å². The van der Waals surface area contributed by atoms with Gasteiger partial charge in [0.2, 0.25) is 0 Å². The Bertz CT molecular complexity index is 562. The second kappa shape index (κ2) is 5.49. The van der Waals surface area contributed by atoms with Crippen LogP contribution in [0.4, 0.5) is 4.39 Å². The number of benzene rings is 1. The van der Waals surface area contributed by atoms with Crippen LogP contribution in [0.2, 0.25) is 0 Å². The molecule has 1 atom stereocenters. The van der Waals surface area contributed by atoms with E-state index in [1.165, 1.54) is 24.5 Å². The number of aromatic nitrogens is 1. The van der Waals surface area contributed by atoms with E-state index in [-0.39, 0.29) is 5.82 Å². The van der Waals surface area contributed by atoms with Crippen molar-refractivity contribution < 1.29 is 4.39 Å². The molecule has 1 aliphatic heterocycles. The van der Waals surface area contributed by atoms with Crippen LogP contribution in [0.25, 0.3) is 11.3 Å². The van der Waals surface area contributed by atoms with Crippen LogP contribution in [0.15, 0.2) is 42.6 Å². The Morgan fingerprint density at radius 3 is 2.89 bits per heavy atom. The van der Waals surface area contributed by atoms with E-state index in [4.69, 9.17) is 0 Å². The molecule has 1 saturated heterocycles. The monoisotopic (exact) mass is 256 g/mol. The highest BCUT2D eigenvalue weighted by Crippen LogP contribution is 2.27. The molecule has 98 valence electrons. The maximum atomic E-state index is 13.8. The van der Waals surface area contributed by atoms with Crippen LogP contribution in [0.5, 0.6) is 0 Å². The molecule has 2 nitrogen and oxygen atoms in total. The van der Waals surface area contributed by atoms with Crippen LogP contribution in [0.1, 0.15) is 24.3 Å². The number of nitrogens with zero attached hydrogens (tertiary/aromatic N) is 1. The second-order valence-electron chi connectivity index (χ2n) is 5.00. The summed E-state index contributed by atoms with van der Waals surface area (Å²) in [5.41, 5.74) is 2.55. The topological polar surface area (TPSA) is 24.9 Å². The fourth-order valence-corrected chi connectivity index (χ4v) is 2.65. The number of hydrogen-bond acceptors (Lipinski definition) is 2.